The molecule has 0 fully saturated rings. The Kier molecular flexibility index (Phi) is 3.10. The molecule has 3 heteroatoms. The molecular formula is C12H13BrO2. The van der Waals surface area contributed by atoms with Gasteiger partial charge in [0.1, 0.15) is 5.75 Å². The molecule has 0 saturated carbocycles. The summed E-state index contributed by atoms with van der Waals surface area (Å²) in [5.41, 5.74) is 1.84. The summed E-state index contributed by atoms with van der Waals surface area (Å²) >= 11 is 3.43. The first-order valence-electron chi connectivity index (χ1n) is 5.14. The van der Waals surface area contributed by atoms with Crippen molar-refractivity contribution in [3.63, 3.8) is 0 Å². The van der Waals surface area contributed by atoms with E-state index in [4.69, 9.17) is 4.74 Å². The van der Waals surface area contributed by atoms with Crippen LogP contribution in [0.5, 0.6) is 5.75 Å². The highest BCUT2D eigenvalue weighted by Gasteiger charge is 2.16. The van der Waals surface area contributed by atoms with Crippen molar-refractivity contribution in [2.45, 2.75) is 26.2 Å². The molecule has 0 atom stereocenters. The number of carbonyl (C=O) groups is 1. The summed E-state index contributed by atoms with van der Waals surface area (Å²) in [6.07, 6.45) is 3.18. The van der Waals surface area contributed by atoms with E-state index in [0.29, 0.717) is 5.56 Å². The van der Waals surface area contributed by atoms with Gasteiger partial charge in [-0.05, 0) is 43.9 Å². The Morgan fingerprint density at radius 3 is 2.93 bits per heavy atom. The van der Waals surface area contributed by atoms with Crippen molar-refractivity contribution in [2.24, 2.45) is 0 Å². The van der Waals surface area contributed by atoms with Crippen molar-refractivity contribution < 1.29 is 9.53 Å². The van der Waals surface area contributed by atoms with Crippen LogP contribution in [0.3, 0.4) is 0 Å². The first-order chi connectivity index (χ1) is 7.18. The fourth-order valence-corrected chi connectivity index (χ4v) is 2.36. The normalized spacial score (nSPS) is 15.1. The van der Waals surface area contributed by atoms with E-state index >= 15 is 0 Å². The van der Waals surface area contributed by atoms with Crippen LogP contribution in [0, 0.1) is 0 Å². The fourth-order valence-electron chi connectivity index (χ4n) is 1.86. The Morgan fingerprint density at radius 1 is 1.40 bits per heavy atom. The summed E-state index contributed by atoms with van der Waals surface area (Å²) < 4.78 is 6.61. The minimum absolute atomic E-state index is 0.0643. The molecule has 0 N–H and O–H groups in total. The van der Waals surface area contributed by atoms with Crippen LogP contribution in [-0.2, 0) is 6.42 Å². The second-order valence-electron chi connectivity index (χ2n) is 3.80. The molecule has 2 rings (SSSR count). The second kappa shape index (κ2) is 4.35. The van der Waals surface area contributed by atoms with Crippen molar-refractivity contribution in [3.8, 4) is 5.75 Å². The summed E-state index contributed by atoms with van der Waals surface area (Å²) in [6, 6.07) is 3.89. The maximum Gasteiger partial charge on any atom is 0.163 e. The van der Waals surface area contributed by atoms with E-state index in [0.717, 1.165) is 41.7 Å². The Morgan fingerprint density at radius 2 is 2.20 bits per heavy atom. The second-order valence-corrected chi connectivity index (χ2v) is 4.72. The Hall–Kier alpha value is -0.830. The first-order valence-corrected chi connectivity index (χ1v) is 5.94. The zero-order chi connectivity index (χ0) is 10.8. The molecule has 1 aliphatic heterocycles. The third-order valence-corrected chi connectivity index (χ3v) is 3.05. The van der Waals surface area contributed by atoms with Gasteiger partial charge in [0, 0.05) is 4.47 Å². The molecule has 0 amide bonds. The number of ketones is 1. The third-order valence-electron chi connectivity index (χ3n) is 2.60. The molecule has 0 aliphatic carbocycles. The number of rotatable bonds is 1. The Bertz CT molecular complexity index is 399. The lowest BCUT2D eigenvalue weighted by atomic mass is 10.0. The van der Waals surface area contributed by atoms with Gasteiger partial charge in [-0.3, -0.25) is 4.79 Å². The standard InChI is InChI=1S/C12H13BrO2/c1-8(14)11-7-10(13)6-9-4-2-3-5-15-12(9)11/h6-7H,2-5H2,1H3. The first kappa shape index (κ1) is 10.7. The number of hydrogen-bond donors (Lipinski definition) is 0. The third kappa shape index (κ3) is 2.23. The van der Waals surface area contributed by atoms with Gasteiger partial charge < -0.3 is 4.74 Å². The van der Waals surface area contributed by atoms with Gasteiger partial charge in [0.25, 0.3) is 0 Å². The van der Waals surface area contributed by atoms with Crippen LogP contribution < -0.4 is 4.74 Å². The maximum absolute atomic E-state index is 11.5. The van der Waals surface area contributed by atoms with E-state index in [2.05, 4.69) is 15.9 Å². The van der Waals surface area contributed by atoms with Gasteiger partial charge in [0.15, 0.2) is 5.78 Å². The number of hydrogen-bond acceptors (Lipinski definition) is 2. The quantitative estimate of drug-likeness (QED) is 0.731. The monoisotopic (exact) mass is 268 g/mol. The van der Waals surface area contributed by atoms with E-state index in [9.17, 15) is 4.79 Å². The highest BCUT2D eigenvalue weighted by atomic mass is 79.9. The summed E-state index contributed by atoms with van der Waals surface area (Å²) in [5, 5.41) is 0. The maximum atomic E-state index is 11.5. The van der Waals surface area contributed by atoms with Crippen LogP contribution in [0.4, 0.5) is 0 Å². The lowest BCUT2D eigenvalue weighted by Crippen LogP contribution is -2.02. The molecule has 1 heterocycles. The lowest BCUT2D eigenvalue weighted by molar-refractivity contribution is 0.101. The molecule has 0 spiro atoms. The predicted octanol–water partition coefficient (Wildman–Crippen LogP) is 3.37. The SMILES string of the molecule is CC(=O)c1cc(Br)cc2c1OCCCC2. The number of fused-ring (bicyclic) bond motifs is 1. The van der Waals surface area contributed by atoms with Crippen molar-refractivity contribution in [1.82, 2.24) is 0 Å². The highest BCUT2D eigenvalue weighted by molar-refractivity contribution is 9.10. The molecule has 0 radical (unpaired) electrons. The minimum Gasteiger partial charge on any atom is -0.493 e. The molecule has 1 aliphatic rings. The van der Waals surface area contributed by atoms with E-state index in [1.807, 2.05) is 12.1 Å². The molecule has 0 saturated heterocycles. The molecule has 2 nitrogen and oxygen atoms in total. The molecule has 1 aromatic rings. The number of ether oxygens (including phenoxy) is 1. The zero-order valence-electron chi connectivity index (χ0n) is 8.68. The summed E-state index contributed by atoms with van der Waals surface area (Å²) in [4.78, 5) is 11.5. The smallest absolute Gasteiger partial charge is 0.163 e. The van der Waals surface area contributed by atoms with Crippen LogP contribution in [0.25, 0.3) is 0 Å². The topological polar surface area (TPSA) is 26.3 Å². The van der Waals surface area contributed by atoms with Gasteiger partial charge in [-0.1, -0.05) is 15.9 Å². The van der Waals surface area contributed by atoms with Crippen molar-refractivity contribution >= 4 is 21.7 Å². The molecule has 0 bridgehead atoms. The number of benzene rings is 1. The lowest BCUT2D eigenvalue weighted by Gasteiger charge is -2.11. The summed E-state index contributed by atoms with van der Waals surface area (Å²) in [5.74, 6) is 0.859. The average molecular weight is 269 g/mol. The largest absolute Gasteiger partial charge is 0.493 e. The van der Waals surface area contributed by atoms with Crippen LogP contribution >= 0.6 is 15.9 Å². The van der Waals surface area contributed by atoms with Gasteiger partial charge in [0.05, 0.1) is 12.2 Å². The van der Waals surface area contributed by atoms with Gasteiger partial charge in [0.2, 0.25) is 0 Å². The molecule has 1 aromatic carbocycles. The van der Waals surface area contributed by atoms with Crippen molar-refractivity contribution in [1.29, 1.82) is 0 Å². The molecular weight excluding hydrogens is 256 g/mol. The highest BCUT2D eigenvalue weighted by Crippen LogP contribution is 2.32. The van der Waals surface area contributed by atoms with Crippen LogP contribution in [-0.4, -0.2) is 12.4 Å². The van der Waals surface area contributed by atoms with E-state index in [-0.39, 0.29) is 5.78 Å². The van der Waals surface area contributed by atoms with E-state index in [1.54, 1.807) is 6.92 Å². The fraction of sp³-hybridized carbons (Fsp3) is 0.417. The average Bonchev–Trinajstić information content (AvgIpc) is 2.41. The molecule has 80 valence electrons. The molecule has 0 unspecified atom stereocenters. The number of aryl methyl sites for hydroxylation is 1. The Balaban J connectivity index is 2.54. The van der Waals surface area contributed by atoms with Crippen LogP contribution in [0.2, 0.25) is 0 Å². The Labute approximate surface area is 97.8 Å². The zero-order valence-corrected chi connectivity index (χ0v) is 10.3. The minimum atomic E-state index is 0.0643. The van der Waals surface area contributed by atoms with Crippen LogP contribution in [0.15, 0.2) is 16.6 Å². The van der Waals surface area contributed by atoms with Crippen molar-refractivity contribution in [3.05, 3.63) is 27.7 Å². The summed E-state index contributed by atoms with van der Waals surface area (Å²) in [7, 11) is 0. The molecule has 0 aromatic heterocycles. The van der Waals surface area contributed by atoms with Gasteiger partial charge in [-0.15, -0.1) is 0 Å². The number of Topliss-reactive ketones (excluding diaryl/α,β-unsaturated/α-hetero) is 1. The molecule has 15 heavy (non-hydrogen) atoms. The summed E-state index contributed by atoms with van der Waals surface area (Å²) in [6.45, 7) is 2.30. The van der Waals surface area contributed by atoms with Gasteiger partial charge >= 0.3 is 0 Å². The van der Waals surface area contributed by atoms with Gasteiger partial charge in [-0.2, -0.15) is 0 Å². The number of carbonyl (C=O) groups excluding carboxylic acids is 1. The van der Waals surface area contributed by atoms with E-state index in [1.165, 1.54) is 0 Å². The van der Waals surface area contributed by atoms with Crippen molar-refractivity contribution in [2.75, 3.05) is 6.61 Å². The van der Waals surface area contributed by atoms with Crippen LogP contribution in [0.1, 0.15) is 35.7 Å². The predicted molar refractivity (Wildman–Crippen MR) is 62.6 cm³/mol. The van der Waals surface area contributed by atoms with Gasteiger partial charge in [-0.25, -0.2) is 0 Å². The van der Waals surface area contributed by atoms with E-state index < -0.39 is 0 Å². The number of halogens is 1.